The molecule has 1 N–H and O–H groups in total. The summed E-state index contributed by atoms with van der Waals surface area (Å²) in [6.07, 6.45) is 0.795. The molecule has 1 aromatic heterocycles. The Morgan fingerprint density at radius 1 is 1.18 bits per heavy atom. The summed E-state index contributed by atoms with van der Waals surface area (Å²) in [7, 11) is -3.30. The molecular weight excluding hydrogens is 318 g/mol. The molecule has 2 rings (SSSR count). The van der Waals surface area contributed by atoms with Crippen molar-refractivity contribution in [3.8, 4) is 0 Å². The van der Waals surface area contributed by atoms with Gasteiger partial charge in [-0.15, -0.1) is 11.3 Å². The first kappa shape index (κ1) is 16.7. The van der Waals surface area contributed by atoms with Crippen molar-refractivity contribution in [2.45, 2.75) is 30.4 Å². The van der Waals surface area contributed by atoms with Gasteiger partial charge >= 0.3 is 0 Å². The third-order valence-corrected chi connectivity index (χ3v) is 6.41. The van der Waals surface area contributed by atoms with Crippen molar-refractivity contribution in [1.82, 2.24) is 5.32 Å². The van der Waals surface area contributed by atoms with Gasteiger partial charge in [0.25, 0.3) is 5.91 Å². The van der Waals surface area contributed by atoms with E-state index >= 15 is 0 Å². The molecule has 22 heavy (non-hydrogen) atoms. The zero-order chi connectivity index (χ0) is 16.2. The quantitative estimate of drug-likeness (QED) is 0.881. The van der Waals surface area contributed by atoms with Crippen molar-refractivity contribution in [2.75, 3.05) is 6.54 Å². The largest absolute Gasteiger partial charge is 0.352 e. The summed E-state index contributed by atoms with van der Waals surface area (Å²) in [5.41, 5.74) is 0.467. The molecule has 0 radical (unpaired) electrons. The van der Waals surface area contributed by atoms with Crippen molar-refractivity contribution in [1.29, 1.82) is 0 Å². The van der Waals surface area contributed by atoms with Crippen molar-refractivity contribution in [3.63, 3.8) is 0 Å². The van der Waals surface area contributed by atoms with Crippen LogP contribution in [0.15, 0.2) is 46.7 Å². The van der Waals surface area contributed by atoms with Gasteiger partial charge in [-0.25, -0.2) is 8.42 Å². The Labute approximate surface area is 135 Å². The molecule has 0 unspecified atom stereocenters. The molecule has 1 amide bonds. The predicted octanol–water partition coefficient (Wildman–Crippen LogP) is 2.90. The molecule has 1 aromatic carbocycles. The summed E-state index contributed by atoms with van der Waals surface area (Å²) in [5.74, 6) is -0.190. The Morgan fingerprint density at radius 3 is 2.41 bits per heavy atom. The topological polar surface area (TPSA) is 63.2 Å². The Kier molecular flexibility index (Phi) is 5.37. The fourth-order valence-corrected chi connectivity index (χ4v) is 3.69. The van der Waals surface area contributed by atoms with Crippen LogP contribution in [0.4, 0.5) is 0 Å². The molecule has 0 saturated heterocycles. The number of hydrogen-bond donors (Lipinski definition) is 1. The second-order valence-corrected chi connectivity index (χ2v) is 8.74. The van der Waals surface area contributed by atoms with Gasteiger partial charge in [0.2, 0.25) is 0 Å². The maximum atomic E-state index is 12.0. The molecule has 2 aromatic rings. The van der Waals surface area contributed by atoms with Gasteiger partial charge < -0.3 is 5.32 Å². The van der Waals surface area contributed by atoms with Crippen LogP contribution in [-0.4, -0.2) is 26.1 Å². The molecule has 0 fully saturated rings. The van der Waals surface area contributed by atoms with E-state index in [-0.39, 0.29) is 10.8 Å². The van der Waals surface area contributed by atoms with E-state index in [1.165, 1.54) is 17.0 Å². The van der Waals surface area contributed by atoms with Gasteiger partial charge in [0, 0.05) is 17.0 Å². The second-order valence-electron chi connectivity index (χ2n) is 5.20. The number of carbonyl (C=O) groups excluding carboxylic acids is 1. The van der Waals surface area contributed by atoms with E-state index in [9.17, 15) is 13.2 Å². The average molecular weight is 337 g/mol. The normalized spacial score (nSPS) is 11.6. The van der Waals surface area contributed by atoms with Crippen LogP contribution in [0, 0.1) is 0 Å². The number of sulfone groups is 1. The summed E-state index contributed by atoms with van der Waals surface area (Å²) in [6, 6.07) is 10.1. The first-order chi connectivity index (χ1) is 10.4. The number of benzene rings is 1. The van der Waals surface area contributed by atoms with E-state index in [0.717, 1.165) is 6.42 Å². The van der Waals surface area contributed by atoms with Gasteiger partial charge in [0.1, 0.15) is 0 Å². The molecule has 0 bridgehead atoms. The standard InChI is InChI=1S/C16H19NO3S2/c1-12(2)22(19,20)15-7-5-13(6-8-15)16(18)17-10-9-14-4-3-11-21-14/h3-8,11-12H,9-10H2,1-2H3,(H,17,18). The van der Waals surface area contributed by atoms with Crippen molar-refractivity contribution in [2.24, 2.45) is 0 Å². The lowest BCUT2D eigenvalue weighted by Gasteiger charge is -2.09. The minimum Gasteiger partial charge on any atom is -0.352 e. The summed E-state index contributed by atoms with van der Waals surface area (Å²) in [6.45, 7) is 3.84. The molecule has 0 saturated carbocycles. The van der Waals surface area contributed by atoms with Crippen LogP contribution < -0.4 is 5.32 Å². The van der Waals surface area contributed by atoms with E-state index in [1.54, 1.807) is 37.3 Å². The van der Waals surface area contributed by atoms with Crippen LogP contribution in [0.3, 0.4) is 0 Å². The number of carbonyl (C=O) groups is 1. The van der Waals surface area contributed by atoms with Gasteiger partial charge in [-0.2, -0.15) is 0 Å². The number of thiophene rings is 1. The Bertz CT molecular complexity index is 717. The molecule has 118 valence electrons. The summed E-state index contributed by atoms with van der Waals surface area (Å²) in [4.78, 5) is 13.5. The Balaban J connectivity index is 1.96. The highest BCUT2D eigenvalue weighted by Crippen LogP contribution is 2.16. The second kappa shape index (κ2) is 7.07. The number of hydrogen-bond acceptors (Lipinski definition) is 4. The van der Waals surface area contributed by atoms with Crippen LogP contribution in [0.5, 0.6) is 0 Å². The van der Waals surface area contributed by atoms with Crippen LogP contribution in [0.25, 0.3) is 0 Å². The smallest absolute Gasteiger partial charge is 0.251 e. The molecule has 0 atom stereocenters. The van der Waals surface area contributed by atoms with Gasteiger partial charge in [0.05, 0.1) is 10.1 Å². The highest BCUT2D eigenvalue weighted by molar-refractivity contribution is 7.92. The summed E-state index contributed by atoms with van der Waals surface area (Å²) < 4.78 is 24.0. The van der Waals surface area contributed by atoms with Gasteiger partial charge in [-0.3, -0.25) is 4.79 Å². The molecule has 4 nitrogen and oxygen atoms in total. The summed E-state index contributed by atoms with van der Waals surface area (Å²) >= 11 is 1.66. The van der Waals surface area contributed by atoms with Crippen LogP contribution in [0.1, 0.15) is 29.1 Å². The van der Waals surface area contributed by atoms with E-state index in [2.05, 4.69) is 5.32 Å². The van der Waals surface area contributed by atoms with E-state index in [0.29, 0.717) is 12.1 Å². The number of rotatable bonds is 6. The lowest BCUT2D eigenvalue weighted by molar-refractivity contribution is 0.0954. The molecule has 0 aliphatic rings. The lowest BCUT2D eigenvalue weighted by atomic mass is 10.2. The monoisotopic (exact) mass is 337 g/mol. The zero-order valence-electron chi connectivity index (χ0n) is 12.6. The average Bonchev–Trinajstić information content (AvgIpc) is 3.00. The van der Waals surface area contributed by atoms with Gasteiger partial charge in [-0.1, -0.05) is 6.07 Å². The first-order valence-corrected chi connectivity index (χ1v) is 9.48. The Morgan fingerprint density at radius 2 is 1.86 bits per heavy atom. The lowest BCUT2D eigenvalue weighted by Crippen LogP contribution is -2.25. The number of nitrogens with one attached hydrogen (secondary N) is 1. The zero-order valence-corrected chi connectivity index (χ0v) is 14.2. The van der Waals surface area contributed by atoms with E-state index in [4.69, 9.17) is 0 Å². The van der Waals surface area contributed by atoms with Crippen molar-refractivity contribution < 1.29 is 13.2 Å². The maximum absolute atomic E-state index is 12.0. The van der Waals surface area contributed by atoms with Gasteiger partial charge in [-0.05, 0) is 56.0 Å². The minimum atomic E-state index is -3.30. The summed E-state index contributed by atoms with van der Waals surface area (Å²) in [5, 5.41) is 4.37. The molecule has 0 spiro atoms. The van der Waals surface area contributed by atoms with Crippen LogP contribution >= 0.6 is 11.3 Å². The fourth-order valence-electron chi connectivity index (χ4n) is 1.92. The molecule has 1 heterocycles. The minimum absolute atomic E-state index is 0.190. The third-order valence-electron chi connectivity index (χ3n) is 3.30. The van der Waals surface area contributed by atoms with E-state index in [1.807, 2.05) is 17.5 Å². The predicted molar refractivity (Wildman–Crippen MR) is 89.1 cm³/mol. The molecule has 0 aliphatic heterocycles. The van der Waals surface area contributed by atoms with Gasteiger partial charge in [0.15, 0.2) is 9.84 Å². The maximum Gasteiger partial charge on any atom is 0.251 e. The molecule has 0 aliphatic carbocycles. The van der Waals surface area contributed by atoms with Crippen LogP contribution in [-0.2, 0) is 16.3 Å². The first-order valence-electron chi connectivity index (χ1n) is 7.06. The highest BCUT2D eigenvalue weighted by Gasteiger charge is 2.19. The van der Waals surface area contributed by atoms with Crippen molar-refractivity contribution >= 4 is 27.1 Å². The Hall–Kier alpha value is -1.66. The molecule has 6 heteroatoms. The number of amides is 1. The third kappa shape index (κ3) is 3.96. The van der Waals surface area contributed by atoms with E-state index < -0.39 is 15.1 Å². The van der Waals surface area contributed by atoms with Crippen LogP contribution in [0.2, 0.25) is 0 Å². The SMILES string of the molecule is CC(C)S(=O)(=O)c1ccc(C(=O)NCCc2cccs2)cc1. The molecular formula is C16H19NO3S2. The fraction of sp³-hybridized carbons (Fsp3) is 0.312. The highest BCUT2D eigenvalue weighted by atomic mass is 32.2. The van der Waals surface area contributed by atoms with Crippen molar-refractivity contribution in [3.05, 3.63) is 52.2 Å².